The molecule has 212 valence electrons. The minimum Gasteiger partial charge on any atom is -0.491 e. The molecule has 1 N–H and O–H groups in total. The van der Waals surface area contributed by atoms with Gasteiger partial charge in [-0.1, -0.05) is 25.4 Å². The third-order valence-electron chi connectivity index (χ3n) is 4.80. The van der Waals surface area contributed by atoms with Crippen molar-refractivity contribution in [1.29, 1.82) is 0 Å². The maximum atomic E-state index is 13.0. The standard InChI is InChI=1S/C23H29ClF3N3O7S/c1-4-8-30(9-5-2)38(32,33)37-22(31)29-14-16-6-7-18(35-11-10-34-3)13-20(16)36-21-19(24)12-17(15-28-21)23(25,26)27/h6-7,12-13,15H,4-5,8-11,14H2,1-3H3,(H,29,31). The lowest BCUT2D eigenvalue weighted by atomic mass is 10.2. The van der Waals surface area contributed by atoms with Crippen molar-refractivity contribution in [2.75, 3.05) is 33.4 Å². The fourth-order valence-electron chi connectivity index (χ4n) is 3.05. The molecule has 0 radical (unpaired) electrons. The molecule has 0 aliphatic rings. The number of hydrogen-bond acceptors (Lipinski definition) is 8. The number of pyridine rings is 1. The number of carbonyl (C=O) groups excluding carboxylic acids is 1. The molecule has 0 aliphatic heterocycles. The van der Waals surface area contributed by atoms with Crippen LogP contribution in [0.1, 0.15) is 37.8 Å². The second-order valence-electron chi connectivity index (χ2n) is 7.80. The van der Waals surface area contributed by atoms with Crippen LogP contribution in [-0.2, 0) is 31.9 Å². The van der Waals surface area contributed by atoms with Gasteiger partial charge >= 0.3 is 22.6 Å². The van der Waals surface area contributed by atoms with Gasteiger partial charge in [-0.05, 0) is 31.0 Å². The molecular weight excluding hydrogens is 555 g/mol. The molecule has 0 aliphatic carbocycles. The zero-order chi connectivity index (χ0) is 28.3. The van der Waals surface area contributed by atoms with Crippen LogP contribution in [0.4, 0.5) is 18.0 Å². The number of ether oxygens (including phenoxy) is 3. The largest absolute Gasteiger partial charge is 0.491 e. The predicted octanol–water partition coefficient (Wildman–Crippen LogP) is 5.16. The highest BCUT2D eigenvalue weighted by Gasteiger charge is 2.32. The Labute approximate surface area is 224 Å². The van der Waals surface area contributed by atoms with Crippen molar-refractivity contribution in [2.45, 2.75) is 39.4 Å². The van der Waals surface area contributed by atoms with E-state index in [2.05, 4.69) is 14.5 Å². The second kappa shape index (κ2) is 14.4. The Kier molecular flexibility index (Phi) is 11.9. The van der Waals surface area contributed by atoms with Crippen LogP contribution in [0.15, 0.2) is 30.5 Å². The Morgan fingerprint density at radius 3 is 2.39 bits per heavy atom. The number of aromatic nitrogens is 1. The first-order chi connectivity index (χ1) is 17.9. The van der Waals surface area contributed by atoms with Gasteiger partial charge in [0.05, 0.1) is 12.2 Å². The molecule has 38 heavy (non-hydrogen) atoms. The van der Waals surface area contributed by atoms with E-state index in [4.69, 9.17) is 25.8 Å². The Balaban J connectivity index is 2.23. The summed E-state index contributed by atoms with van der Waals surface area (Å²) < 4.78 is 85.6. The van der Waals surface area contributed by atoms with Gasteiger partial charge in [-0.25, -0.2) is 9.78 Å². The summed E-state index contributed by atoms with van der Waals surface area (Å²) in [5.41, 5.74) is -0.757. The summed E-state index contributed by atoms with van der Waals surface area (Å²) >= 11 is 5.96. The topological polar surface area (TPSA) is 116 Å². The van der Waals surface area contributed by atoms with Crippen molar-refractivity contribution < 1.29 is 44.8 Å². The molecular formula is C23H29ClF3N3O7S. The fraction of sp³-hybridized carbons (Fsp3) is 0.478. The lowest BCUT2D eigenvalue weighted by molar-refractivity contribution is -0.137. The van der Waals surface area contributed by atoms with E-state index >= 15 is 0 Å². The summed E-state index contributed by atoms with van der Waals surface area (Å²) in [6.07, 6.45) is -4.24. The molecule has 2 aromatic rings. The average molecular weight is 584 g/mol. The van der Waals surface area contributed by atoms with Gasteiger partial charge in [0.1, 0.15) is 23.1 Å². The maximum Gasteiger partial charge on any atom is 0.423 e. The smallest absolute Gasteiger partial charge is 0.423 e. The second-order valence-corrected chi connectivity index (χ2v) is 9.75. The predicted molar refractivity (Wildman–Crippen MR) is 133 cm³/mol. The molecule has 2 rings (SSSR count). The number of rotatable bonds is 14. The van der Waals surface area contributed by atoms with Crippen molar-refractivity contribution in [1.82, 2.24) is 14.6 Å². The van der Waals surface area contributed by atoms with Crippen molar-refractivity contribution in [3.05, 3.63) is 46.6 Å². The van der Waals surface area contributed by atoms with Crippen LogP contribution in [0, 0.1) is 0 Å². The van der Waals surface area contributed by atoms with E-state index in [1.807, 2.05) is 0 Å². The van der Waals surface area contributed by atoms with Gasteiger partial charge in [0.2, 0.25) is 5.88 Å². The molecule has 1 heterocycles. The van der Waals surface area contributed by atoms with Gasteiger partial charge < -0.3 is 23.7 Å². The van der Waals surface area contributed by atoms with Crippen molar-refractivity contribution in [3.8, 4) is 17.4 Å². The molecule has 0 saturated heterocycles. The summed E-state index contributed by atoms with van der Waals surface area (Å²) in [4.78, 5) is 15.9. The first kappa shape index (κ1) is 31.4. The van der Waals surface area contributed by atoms with Crippen LogP contribution in [0.2, 0.25) is 5.02 Å². The Morgan fingerprint density at radius 2 is 1.82 bits per heavy atom. The summed E-state index contributed by atoms with van der Waals surface area (Å²) in [5.74, 6) is 0.0365. The molecule has 10 nitrogen and oxygen atoms in total. The molecule has 1 amide bonds. The average Bonchev–Trinajstić information content (AvgIpc) is 2.84. The lowest BCUT2D eigenvalue weighted by Gasteiger charge is -2.20. The van der Waals surface area contributed by atoms with E-state index in [1.54, 1.807) is 19.9 Å². The van der Waals surface area contributed by atoms with Gasteiger partial charge in [-0.2, -0.15) is 25.9 Å². The SMILES string of the molecule is CCCN(CCC)S(=O)(=O)OC(=O)NCc1ccc(OCCOC)cc1Oc1ncc(C(F)(F)F)cc1Cl. The molecule has 0 bridgehead atoms. The fourth-order valence-corrected chi connectivity index (χ4v) is 4.42. The van der Waals surface area contributed by atoms with Crippen molar-refractivity contribution in [3.63, 3.8) is 0 Å². The molecule has 0 spiro atoms. The molecule has 0 fully saturated rings. The molecule has 1 aromatic carbocycles. The molecule has 1 aromatic heterocycles. The van der Waals surface area contributed by atoms with Crippen LogP contribution >= 0.6 is 11.6 Å². The van der Waals surface area contributed by atoms with E-state index in [1.165, 1.54) is 19.2 Å². The number of nitrogens with one attached hydrogen (secondary N) is 1. The summed E-state index contributed by atoms with van der Waals surface area (Å²) in [7, 11) is -2.82. The van der Waals surface area contributed by atoms with Crippen LogP contribution < -0.4 is 14.8 Å². The van der Waals surface area contributed by atoms with E-state index in [0.29, 0.717) is 43.0 Å². The van der Waals surface area contributed by atoms with Crippen molar-refractivity contribution in [2.24, 2.45) is 0 Å². The number of halogens is 4. The summed E-state index contributed by atoms with van der Waals surface area (Å²) in [5, 5.41) is 1.92. The molecule has 15 heteroatoms. The van der Waals surface area contributed by atoms with Gasteiger partial charge in [-0.3, -0.25) is 0 Å². The Morgan fingerprint density at radius 1 is 1.13 bits per heavy atom. The number of methoxy groups -OCH3 is 1. The molecule has 0 atom stereocenters. The number of hydrogen-bond donors (Lipinski definition) is 1. The normalized spacial score (nSPS) is 11.9. The van der Waals surface area contributed by atoms with E-state index in [-0.39, 0.29) is 37.9 Å². The zero-order valence-electron chi connectivity index (χ0n) is 21.0. The minimum absolute atomic E-state index is 0.0378. The summed E-state index contributed by atoms with van der Waals surface area (Å²) in [6.45, 7) is 4.18. The molecule has 0 unspecified atom stereocenters. The highest BCUT2D eigenvalue weighted by Crippen LogP contribution is 2.36. The molecule has 0 saturated carbocycles. The third kappa shape index (κ3) is 9.49. The quantitative estimate of drug-likeness (QED) is 0.303. The maximum absolute atomic E-state index is 13.0. The monoisotopic (exact) mass is 583 g/mol. The lowest BCUT2D eigenvalue weighted by Crippen LogP contribution is -2.38. The van der Waals surface area contributed by atoms with Crippen LogP contribution in [0.5, 0.6) is 17.4 Å². The van der Waals surface area contributed by atoms with Crippen LogP contribution in [-0.4, -0.2) is 57.2 Å². The van der Waals surface area contributed by atoms with E-state index in [0.717, 1.165) is 4.31 Å². The number of alkyl halides is 3. The first-order valence-corrected chi connectivity index (χ1v) is 13.3. The number of nitrogens with zero attached hydrogens (tertiary/aromatic N) is 2. The van der Waals surface area contributed by atoms with Gasteiger partial charge in [-0.15, -0.1) is 0 Å². The zero-order valence-corrected chi connectivity index (χ0v) is 22.6. The number of carbonyl (C=O) groups is 1. The van der Waals surface area contributed by atoms with E-state index < -0.39 is 33.2 Å². The van der Waals surface area contributed by atoms with Gasteiger partial charge in [0.15, 0.2) is 0 Å². The van der Waals surface area contributed by atoms with Gasteiger partial charge in [0, 0.05) is 44.6 Å². The van der Waals surface area contributed by atoms with Gasteiger partial charge in [0.25, 0.3) is 0 Å². The van der Waals surface area contributed by atoms with E-state index in [9.17, 15) is 26.4 Å². The number of amides is 1. The highest BCUT2D eigenvalue weighted by molar-refractivity contribution is 7.84. The highest BCUT2D eigenvalue weighted by atomic mass is 35.5. The Bertz CT molecular complexity index is 1180. The number of benzene rings is 1. The van der Waals surface area contributed by atoms with Crippen LogP contribution in [0.3, 0.4) is 0 Å². The van der Waals surface area contributed by atoms with Crippen molar-refractivity contribution >= 4 is 28.0 Å². The van der Waals surface area contributed by atoms with Crippen LogP contribution in [0.25, 0.3) is 0 Å². The Hall–Kier alpha value is -2.81. The third-order valence-corrected chi connectivity index (χ3v) is 6.43. The minimum atomic E-state index is -4.65. The first-order valence-electron chi connectivity index (χ1n) is 11.5. The summed E-state index contributed by atoms with van der Waals surface area (Å²) in [6, 6.07) is 5.13.